The number of ether oxygens (including phenoxy) is 4. The lowest BCUT2D eigenvalue weighted by Crippen LogP contribution is -2.11. The Labute approximate surface area is 177 Å². The highest BCUT2D eigenvalue weighted by Gasteiger charge is 2.25. The average molecular weight is 438 g/mol. The van der Waals surface area contributed by atoms with Crippen LogP contribution in [0.2, 0.25) is 0 Å². The zero-order valence-corrected chi connectivity index (χ0v) is 16.7. The number of methoxy groups -OCH3 is 1. The topological polar surface area (TPSA) is 71.1 Å². The average Bonchev–Trinajstić information content (AvgIpc) is 2.73. The van der Waals surface area contributed by atoms with E-state index in [1.165, 1.54) is 37.4 Å². The van der Waals surface area contributed by atoms with Crippen LogP contribution in [0.25, 0.3) is 0 Å². The molecule has 6 nitrogen and oxygen atoms in total. The minimum Gasteiger partial charge on any atom is -0.493 e. The first-order valence-electron chi connectivity index (χ1n) is 9.26. The standard InChI is InChI=1S/C22H21F3O6/c1-3-20(26)30-17-8-4-5-9-18(17)31-21(27)15-10-11-16(19(14-15)28-2)29-13-7-6-12-22(23,24)25/h3-5,8-11,14H,1,6-7,12-13H2,2H3. The van der Waals surface area contributed by atoms with Gasteiger partial charge < -0.3 is 18.9 Å². The predicted octanol–water partition coefficient (Wildman–Crippen LogP) is 5.12. The number of hydrogen-bond acceptors (Lipinski definition) is 6. The Morgan fingerprint density at radius 3 is 2.26 bits per heavy atom. The molecule has 0 N–H and O–H groups in total. The third kappa shape index (κ3) is 7.69. The molecule has 0 heterocycles. The molecule has 0 aromatic heterocycles. The Kier molecular flexibility index (Phi) is 8.48. The molecule has 0 bridgehead atoms. The number of para-hydroxylation sites is 2. The van der Waals surface area contributed by atoms with Crippen LogP contribution >= 0.6 is 0 Å². The molecular formula is C22H21F3O6. The van der Waals surface area contributed by atoms with Crippen LogP contribution < -0.4 is 18.9 Å². The van der Waals surface area contributed by atoms with Gasteiger partial charge in [-0.15, -0.1) is 0 Å². The predicted molar refractivity (Wildman–Crippen MR) is 106 cm³/mol. The molecule has 166 valence electrons. The maximum atomic E-state index is 12.5. The second-order valence-electron chi connectivity index (χ2n) is 6.25. The van der Waals surface area contributed by atoms with Crippen molar-refractivity contribution in [3.63, 3.8) is 0 Å². The number of alkyl halides is 3. The summed E-state index contributed by atoms with van der Waals surface area (Å²) in [5.41, 5.74) is 0.131. The number of rotatable bonds is 10. The fraction of sp³-hybridized carbons (Fsp3) is 0.273. The molecule has 2 aromatic rings. The van der Waals surface area contributed by atoms with E-state index in [4.69, 9.17) is 18.9 Å². The van der Waals surface area contributed by atoms with Crippen molar-refractivity contribution in [2.75, 3.05) is 13.7 Å². The molecule has 0 spiro atoms. The second-order valence-corrected chi connectivity index (χ2v) is 6.25. The molecule has 0 saturated heterocycles. The highest BCUT2D eigenvalue weighted by molar-refractivity contribution is 5.92. The third-order valence-corrected chi connectivity index (χ3v) is 3.94. The zero-order chi connectivity index (χ0) is 22.9. The molecule has 0 saturated carbocycles. The van der Waals surface area contributed by atoms with E-state index in [9.17, 15) is 22.8 Å². The minimum absolute atomic E-state index is 0.0339. The van der Waals surface area contributed by atoms with Crippen molar-refractivity contribution in [3.05, 3.63) is 60.7 Å². The highest BCUT2D eigenvalue weighted by Crippen LogP contribution is 2.31. The van der Waals surface area contributed by atoms with Gasteiger partial charge in [0.25, 0.3) is 0 Å². The molecule has 0 amide bonds. The van der Waals surface area contributed by atoms with E-state index in [1.807, 2.05) is 0 Å². The lowest BCUT2D eigenvalue weighted by molar-refractivity contribution is -0.136. The number of hydrogen-bond donors (Lipinski definition) is 0. The van der Waals surface area contributed by atoms with Crippen LogP contribution in [0.3, 0.4) is 0 Å². The summed E-state index contributed by atoms with van der Waals surface area (Å²) < 4.78 is 57.5. The third-order valence-electron chi connectivity index (χ3n) is 3.94. The first-order valence-corrected chi connectivity index (χ1v) is 9.26. The molecular weight excluding hydrogens is 417 g/mol. The van der Waals surface area contributed by atoms with Crippen LogP contribution in [0.5, 0.6) is 23.0 Å². The van der Waals surface area contributed by atoms with Crippen LogP contribution in [0.15, 0.2) is 55.1 Å². The fourth-order valence-corrected chi connectivity index (χ4v) is 2.45. The van der Waals surface area contributed by atoms with E-state index in [1.54, 1.807) is 12.1 Å². The number of benzene rings is 2. The Bertz CT molecular complexity index is 924. The highest BCUT2D eigenvalue weighted by atomic mass is 19.4. The van der Waals surface area contributed by atoms with E-state index in [-0.39, 0.29) is 48.0 Å². The molecule has 31 heavy (non-hydrogen) atoms. The summed E-state index contributed by atoms with van der Waals surface area (Å²) in [5, 5.41) is 0. The van der Waals surface area contributed by atoms with Crippen LogP contribution in [0, 0.1) is 0 Å². The fourth-order valence-electron chi connectivity index (χ4n) is 2.45. The smallest absolute Gasteiger partial charge is 0.389 e. The maximum absolute atomic E-state index is 12.5. The van der Waals surface area contributed by atoms with Gasteiger partial charge in [-0.2, -0.15) is 13.2 Å². The van der Waals surface area contributed by atoms with Gasteiger partial charge in [-0.1, -0.05) is 18.7 Å². The quantitative estimate of drug-likeness (QED) is 0.222. The van der Waals surface area contributed by atoms with Crippen molar-refractivity contribution >= 4 is 11.9 Å². The van der Waals surface area contributed by atoms with E-state index in [0.29, 0.717) is 0 Å². The van der Waals surface area contributed by atoms with E-state index in [2.05, 4.69) is 6.58 Å². The molecule has 0 aliphatic heterocycles. The van der Waals surface area contributed by atoms with Gasteiger partial charge in [0.15, 0.2) is 23.0 Å². The SMILES string of the molecule is C=CC(=O)Oc1ccccc1OC(=O)c1ccc(OCCCCC(F)(F)F)c(OC)c1. The van der Waals surface area contributed by atoms with Gasteiger partial charge in [0.2, 0.25) is 0 Å². The molecule has 2 aromatic carbocycles. The number of esters is 2. The zero-order valence-electron chi connectivity index (χ0n) is 16.7. The first kappa shape index (κ1) is 23.8. The van der Waals surface area contributed by atoms with Crippen molar-refractivity contribution < 1.29 is 41.7 Å². The van der Waals surface area contributed by atoms with Gasteiger partial charge in [-0.3, -0.25) is 0 Å². The van der Waals surface area contributed by atoms with Gasteiger partial charge >= 0.3 is 18.1 Å². The van der Waals surface area contributed by atoms with E-state index < -0.39 is 24.5 Å². The summed E-state index contributed by atoms with van der Waals surface area (Å²) >= 11 is 0. The summed E-state index contributed by atoms with van der Waals surface area (Å²) in [6.45, 7) is 3.37. The summed E-state index contributed by atoms with van der Waals surface area (Å²) in [7, 11) is 1.37. The van der Waals surface area contributed by atoms with Crippen molar-refractivity contribution in [3.8, 4) is 23.0 Å². The summed E-state index contributed by atoms with van der Waals surface area (Å²) in [4.78, 5) is 23.9. The first-order chi connectivity index (χ1) is 14.7. The second kappa shape index (κ2) is 11.1. The van der Waals surface area contributed by atoms with Crippen molar-refractivity contribution in [1.29, 1.82) is 0 Å². The number of carbonyl (C=O) groups is 2. The van der Waals surface area contributed by atoms with Crippen LogP contribution in [-0.2, 0) is 4.79 Å². The van der Waals surface area contributed by atoms with Gasteiger partial charge in [0.05, 0.1) is 19.3 Å². The van der Waals surface area contributed by atoms with Gasteiger partial charge in [0, 0.05) is 12.5 Å². The molecule has 0 atom stereocenters. The Hall–Kier alpha value is -3.49. The molecule has 0 aliphatic carbocycles. The maximum Gasteiger partial charge on any atom is 0.389 e. The van der Waals surface area contributed by atoms with Crippen LogP contribution in [0.4, 0.5) is 13.2 Å². The summed E-state index contributed by atoms with van der Waals surface area (Å²) in [6.07, 6.45) is -3.92. The number of unbranched alkanes of at least 4 members (excludes halogenated alkanes) is 1. The Morgan fingerprint density at radius 2 is 1.65 bits per heavy atom. The van der Waals surface area contributed by atoms with Crippen molar-refractivity contribution in [1.82, 2.24) is 0 Å². The largest absolute Gasteiger partial charge is 0.493 e. The normalized spacial score (nSPS) is 10.8. The Balaban J connectivity index is 2.03. The molecule has 0 radical (unpaired) electrons. The summed E-state index contributed by atoms with van der Waals surface area (Å²) in [5.74, 6) is -0.861. The Morgan fingerprint density at radius 1 is 0.968 bits per heavy atom. The molecule has 2 rings (SSSR count). The number of halogens is 3. The van der Waals surface area contributed by atoms with Crippen molar-refractivity contribution in [2.45, 2.75) is 25.4 Å². The van der Waals surface area contributed by atoms with E-state index in [0.717, 1.165) is 6.08 Å². The molecule has 0 unspecified atom stereocenters. The van der Waals surface area contributed by atoms with E-state index >= 15 is 0 Å². The lowest BCUT2D eigenvalue weighted by Gasteiger charge is -2.13. The molecule has 0 aliphatic rings. The van der Waals surface area contributed by atoms with Crippen LogP contribution in [-0.4, -0.2) is 31.8 Å². The monoisotopic (exact) mass is 438 g/mol. The molecule has 0 fully saturated rings. The van der Waals surface area contributed by atoms with Crippen LogP contribution in [0.1, 0.15) is 29.6 Å². The van der Waals surface area contributed by atoms with Gasteiger partial charge in [-0.25, -0.2) is 9.59 Å². The molecule has 9 heteroatoms. The van der Waals surface area contributed by atoms with Gasteiger partial charge in [0.1, 0.15) is 0 Å². The van der Waals surface area contributed by atoms with Crippen molar-refractivity contribution in [2.24, 2.45) is 0 Å². The van der Waals surface area contributed by atoms with Gasteiger partial charge in [-0.05, 0) is 43.2 Å². The number of carbonyl (C=O) groups excluding carboxylic acids is 2. The minimum atomic E-state index is -4.19. The summed E-state index contributed by atoms with van der Waals surface area (Å²) in [6, 6.07) is 10.4. The lowest BCUT2D eigenvalue weighted by atomic mass is 10.2.